The van der Waals surface area contributed by atoms with E-state index < -0.39 is 43.2 Å². The molecule has 1 heterocycles. The lowest BCUT2D eigenvalue weighted by atomic mass is 9.89. The minimum Gasteiger partial charge on any atom is -0.394 e. The number of carbonyl (C=O) groups excluding carboxylic acids is 1. The Morgan fingerprint density at radius 2 is 1.65 bits per heavy atom. The van der Waals surface area contributed by atoms with Crippen LogP contribution >= 0.6 is 0 Å². The topological polar surface area (TPSA) is 127 Å². The highest BCUT2D eigenvalue weighted by Crippen LogP contribution is 2.31. The van der Waals surface area contributed by atoms with E-state index in [0.717, 1.165) is 25.7 Å². The maximum atomic E-state index is 12.0. The van der Waals surface area contributed by atoms with Crippen molar-refractivity contribution < 1.29 is 35.1 Å². The third kappa shape index (κ3) is 5.77. The summed E-state index contributed by atoms with van der Waals surface area (Å²) in [7, 11) is 0. The van der Waals surface area contributed by atoms with Crippen LogP contribution in [0.5, 0.6) is 0 Å². The normalized spacial score (nSPS) is 34.5. The van der Waals surface area contributed by atoms with Crippen molar-refractivity contribution in [1.82, 2.24) is 0 Å². The third-order valence-corrected chi connectivity index (χ3v) is 4.31. The van der Waals surface area contributed by atoms with Crippen molar-refractivity contribution in [3.63, 3.8) is 0 Å². The van der Waals surface area contributed by atoms with Crippen molar-refractivity contribution in [3.8, 4) is 0 Å². The molecule has 0 aromatic carbocycles. The van der Waals surface area contributed by atoms with Gasteiger partial charge in [0.2, 0.25) is 5.79 Å². The Labute approximate surface area is 136 Å². The Morgan fingerprint density at radius 1 is 1.04 bits per heavy atom. The van der Waals surface area contributed by atoms with Crippen LogP contribution in [0.1, 0.15) is 58.3 Å². The summed E-state index contributed by atoms with van der Waals surface area (Å²) in [6, 6.07) is 0. The summed E-state index contributed by atoms with van der Waals surface area (Å²) < 4.78 is 5.07. The number of ether oxygens (including phenoxy) is 1. The number of hydrogen-bond acceptors (Lipinski definition) is 7. The van der Waals surface area contributed by atoms with Gasteiger partial charge in [0, 0.05) is 6.42 Å². The second kappa shape index (κ2) is 9.66. The van der Waals surface area contributed by atoms with Crippen LogP contribution in [0, 0.1) is 0 Å². The van der Waals surface area contributed by atoms with E-state index in [2.05, 4.69) is 6.92 Å². The highest BCUT2D eigenvalue weighted by atomic mass is 16.7. The van der Waals surface area contributed by atoms with Gasteiger partial charge >= 0.3 is 0 Å². The van der Waals surface area contributed by atoms with Crippen molar-refractivity contribution in [2.75, 3.05) is 6.61 Å². The number of aliphatic hydroxyl groups is 5. The zero-order valence-corrected chi connectivity index (χ0v) is 13.7. The molecule has 1 saturated heterocycles. The average Bonchev–Trinajstić information content (AvgIpc) is 2.52. The summed E-state index contributed by atoms with van der Waals surface area (Å²) in [5.41, 5.74) is 0. The van der Waals surface area contributed by atoms with Crippen LogP contribution in [0.3, 0.4) is 0 Å². The SMILES string of the molecule is CCCCCCCCC(=O)C[C@@]1(O)O[C@H](CO)[C@@H](O)[C@H](O)[C@@H]1O. The van der Waals surface area contributed by atoms with Gasteiger partial charge in [0.15, 0.2) is 0 Å². The zero-order valence-electron chi connectivity index (χ0n) is 13.7. The van der Waals surface area contributed by atoms with Gasteiger partial charge in [-0.25, -0.2) is 0 Å². The number of rotatable bonds is 10. The molecule has 7 heteroatoms. The van der Waals surface area contributed by atoms with Gasteiger partial charge in [-0.2, -0.15) is 0 Å². The predicted octanol–water partition coefficient (Wildman–Crippen LogP) is -0.141. The maximum Gasteiger partial charge on any atom is 0.202 e. The van der Waals surface area contributed by atoms with Crippen molar-refractivity contribution in [1.29, 1.82) is 0 Å². The summed E-state index contributed by atoms with van der Waals surface area (Å²) in [5, 5.41) is 48.6. The molecule has 5 N–H and O–H groups in total. The molecular formula is C16H30O7. The first-order chi connectivity index (χ1) is 10.9. The number of aliphatic hydroxyl groups excluding tert-OH is 4. The molecule has 5 atom stereocenters. The van der Waals surface area contributed by atoms with Crippen molar-refractivity contribution in [2.45, 2.75) is 88.5 Å². The Hall–Kier alpha value is -0.570. The van der Waals surface area contributed by atoms with Gasteiger partial charge in [0.25, 0.3) is 0 Å². The van der Waals surface area contributed by atoms with E-state index in [-0.39, 0.29) is 12.2 Å². The van der Waals surface area contributed by atoms with Crippen LogP contribution in [-0.2, 0) is 9.53 Å². The Balaban J connectivity index is 2.45. The fourth-order valence-corrected chi connectivity index (χ4v) is 2.84. The Morgan fingerprint density at radius 3 is 2.26 bits per heavy atom. The van der Waals surface area contributed by atoms with Crippen LogP contribution in [-0.4, -0.2) is 68.1 Å². The summed E-state index contributed by atoms with van der Waals surface area (Å²) in [6.45, 7) is 1.49. The molecule has 0 amide bonds. The molecule has 23 heavy (non-hydrogen) atoms. The summed E-state index contributed by atoms with van der Waals surface area (Å²) in [4.78, 5) is 12.0. The van der Waals surface area contributed by atoms with Crippen molar-refractivity contribution >= 4 is 5.78 Å². The number of Topliss-reactive ketones (excluding diaryl/α,β-unsaturated/α-hetero) is 1. The molecular weight excluding hydrogens is 304 g/mol. The van der Waals surface area contributed by atoms with Gasteiger partial charge in [-0.05, 0) is 6.42 Å². The minimum atomic E-state index is -2.29. The molecule has 0 aliphatic carbocycles. The lowest BCUT2D eigenvalue weighted by Crippen LogP contribution is -2.65. The number of carbonyl (C=O) groups is 1. The first-order valence-electron chi connectivity index (χ1n) is 8.42. The molecule has 1 aliphatic heterocycles. The molecule has 0 spiro atoms. The molecule has 1 aliphatic rings. The maximum absolute atomic E-state index is 12.0. The second-order valence-electron chi connectivity index (χ2n) is 6.34. The molecule has 0 radical (unpaired) electrons. The standard InChI is InChI=1S/C16H30O7/c1-2-3-4-5-6-7-8-11(18)9-16(22)15(21)14(20)13(19)12(10-17)23-16/h12-15,17,19-22H,2-10H2,1H3/t12-,13-,14+,15+,16-/m1/s1. The van der Waals surface area contributed by atoms with E-state index in [1.165, 1.54) is 6.42 Å². The van der Waals surface area contributed by atoms with Crippen LogP contribution in [0.2, 0.25) is 0 Å². The van der Waals surface area contributed by atoms with Gasteiger partial charge in [0.1, 0.15) is 30.2 Å². The van der Waals surface area contributed by atoms with Crippen molar-refractivity contribution in [2.24, 2.45) is 0 Å². The number of ketones is 1. The fourth-order valence-electron chi connectivity index (χ4n) is 2.84. The molecule has 1 rings (SSSR count). The van der Waals surface area contributed by atoms with Crippen LogP contribution in [0.25, 0.3) is 0 Å². The quantitative estimate of drug-likeness (QED) is 0.352. The Kier molecular flexibility index (Phi) is 8.60. The van der Waals surface area contributed by atoms with Crippen molar-refractivity contribution in [3.05, 3.63) is 0 Å². The lowest BCUT2D eigenvalue weighted by Gasteiger charge is -2.45. The van der Waals surface area contributed by atoms with Gasteiger partial charge in [-0.1, -0.05) is 39.0 Å². The lowest BCUT2D eigenvalue weighted by molar-refractivity contribution is -0.347. The monoisotopic (exact) mass is 334 g/mol. The molecule has 0 bridgehead atoms. The summed E-state index contributed by atoms with van der Waals surface area (Å²) >= 11 is 0. The molecule has 136 valence electrons. The van der Waals surface area contributed by atoms with E-state index in [1.54, 1.807) is 0 Å². The van der Waals surface area contributed by atoms with Crippen LogP contribution < -0.4 is 0 Å². The second-order valence-corrected chi connectivity index (χ2v) is 6.34. The smallest absolute Gasteiger partial charge is 0.202 e. The average molecular weight is 334 g/mol. The zero-order chi connectivity index (χ0) is 17.5. The molecule has 7 nitrogen and oxygen atoms in total. The van der Waals surface area contributed by atoms with E-state index in [9.17, 15) is 25.2 Å². The number of unbranched alkanes of at least 4 members (excludes halogenated alkanes) is 5. The largest absolute Gasteiger partial charge is 0.394 e. The van der Waals surface area contributed by atoms with Gasteiger partial charge in [-0.3, -0.25) is 4.79 Å². The third-order valence-electron chi connectivity index (χ3n) is 4.31. The van der Waals surface area contributed by atoms with Gasteiger partial charge in [-0.15, -0.1) is 0 Å². The first-order valence-corrected chi connectivity index (χ1v) is 8.42. The molecule has 0 saturated carbocycles. The van der Waals surface area contributed by atoms with Crippen LogP contribution in [0.15, 0.2) is 0 Å². The molecule has 1 fully saturated rings. The van der Waals surface area contributed by atoms with E-state index in [1.807, 2.05) is 0 Å². The summed E-state index contributed by atoms with van der Waals surface area (Å²) in [6.07, 6.45) is -0.349. The first kappa shape index (κ1) is 20.5. The Bertz CT molecular complexity index is 360. The van der Waals surface area contributed by atoms with E-state index in [4.69, 9.17) is 9.84 Å². The molecule has 0 aromatic rings. The van der Waals surface area contributed by atoms with Crippen LogP contribution in [0.4, 0.5) is 0 Å². The predicted molar refractivity (Wildman–Crippen MR) is 82.5 cm³/mol. The number of hydrogen-bond donors (Lipinski definition) is 5. The van der Waals surface area contributed by atoms with Gasteiger partial charge < -0.3 is 30.3 Å². The summed E-state index contributed by atoms with van der Waals surface area (Å²) in [5.74, 6) is -2.58. The fraction of sp³-hybridized carbons (Fsp3) is 0.938. The highest BCUT2D eigenvalue weighted by Gasteiger charge is 2.53. The van der Waals surface area contributed by atoms with E-state index in [0.29, 0.717) is 6.42 Å². The highest BCUT2D eigenvalue weighted by molar-refractivity contribution is 5.79. The minimum absolute atomic E-state index is 0.257. The molecule has 0 unspecified atom stereocenters. The molecule has 0 aromatic heterocycles. The van der Waals surface area contributed by atoms with E-state index >= 15 is 0 Å². The van der Waals surface area contributed by atoms with Gasteiger partial charge in [0.05, 0.1) is 13.0 Å².